The molecule has 0 bridgehead atoms. The number of hydrogen-bond acceptors (Lipinski definition) is 4. The van der Waals surface area contributed by atoms with Crippen molar-refractivity contribution in [3.8, 4) is 17.3 Å². The number of para-hydroxylation sites is 1. The van der Waals surface area contributed by atoms with Gasteiger partial charge in [0.1, 0.15) is 23.0 Å². The average molecular weight is 625 g/mol. The molecule has 0 saturated heterocycles. The van der Waals surface area contributed by atoms with Crippen molar-refractivity contribution in [2.45, 2.75) is 29.1 Å². The zero-order valence-corrected chi connectivity index (χ0v) is 26.6. The number of rotatable bonds is 3. The number of fused-ring (bicyclic) bond motifs is 12. The Kier molecular flexibility index (Phi) is 5.50. The second-order valence-corrected chi connectivity index (χ2v) is 13.8. The molecule has 5 nitrogen and oxygen atoms in total. The standard InChI is InChI=1S/C41H28N4OS/c1-41(2)32-10-4-6-12-36(32)47-39-33(41)19-18-30-29-17-15-26(24-35(29)45(38(30)39)37-13-7-8-20-42-37)46-25-14-16-27-28-9-3-5-11-34(28)44-22-21-43-40(44)31(27)23-25/h3-24H,1-2H3. The Labute approximate surface area is 275 Å². The van der Waals surface area contributed by atoms with Crippen LogP contribution in [0.1, 0.15) is 25.0 Å². The zero-order chi connectivity index (χ0) is 31.3. The number of hydrogen-bond donors (Lipinski definition) is 0. The van der Waals surface area contributed by atoms with Crippen molar-refractivity contribution >= 4 is 60.9 Å². The van der Waals surface area contributed by atoms with Gasteiger partial charge in [-0.3, -0.25) is 8.97 Å². The molecular weight excluding hydrogens is 597 g/mol. The van der Waals surface area contributed by atoms with Gasteiger partial charge in [0.2, 0.25) is 0 Å². The van der Waals surface area contributed by atoms with Crippen LogP contribution in [-0.4, -0.2) is 18.9 Å². The highest BCUT2D eigenvalue weighted by atomic mass is 32.2. The molecule has 0 saturated carbocycles. The SMILES string of the molecule is CC1(C)c2ccccc2Sc2c1ccc1c3ccc(Oc4ccc5c6ccccc6n6ccnc6c5c4)cc3n(-c3ccccn3)c21. The molecule has 47 heavy (non-hydrogen) atoms. The largest absolute Gasteiger partial charge is 0.457 e. The van der Waals surface area contributed by atoms with Crippen molar-refractivity contribution in [1.29, 1.82) is 0 Å². The number of pyridine rings is 2. The fourth-order valence-corrected chi connectivity index (χ4v) is 9.05. The first-order valence-corrected chi connectivity index (χ1v) is 16.6. The molecule has 5 aromatic carbocycles. The van der Waals surface area contributed by atoms with E-state index in [4.69, 9.17) is 14.7 Å². The summed E-state index contributed by atoms with van der Waals surface area (Å²) in [5, 5.41) is 5.78. The molecule has 4 aromatic heterocycles. The van der Waals surface area contributed by atoms with Crippen LogP contribution in [0.4, 0.5) is 0 Å². The number of benzene rings is 5. The molecule has 9 aromatic rings. The van der Waals surface area contributed by atoms with Crippen molar-refractivity contribution < 1.29 is 4.74 Å². The molecule has 6 heteroatoms. The van der Waals surface area contributed by atoms with E-state index < -0.39 is 0 Å². The maximum Gasteiger partial charge on any atom is 0.145 e. The molecule has 0 N–H and O–H groups in total. The van der Waals surface area contributed by atoms with E-state index in [0.29, 0.717) is 0 Å². The Hall–Kier alpha value is -5.59. The van der Waals surface area contributed by atoms with Gasteiger partial charge >= 0.3 is 0 Å². The van der Waals surface area contributed by atoms with Crippen molar-refractivity contribution in [2.24, 2.45) is 0 Å². The van der Waals surface area contributed by atoms with Crippen LogP contribution in [-0.2, 0) is 5.41 Å². The Balaban J connectivity index is 1.17. The highest BCUT2D eigenvalue weighted by Crippen LogP contribution is 2.53. The molecule has 0 unspecified atom stereocenters. The lowest BCUT2D eigenvalue weighted by Crippen LogP contribution is -2.24. The number of nitrogens with zero attached hydrogens (tertiary/aromatic N) is 4. The lowest BCUT2D eigenvalue weighted by molar-refractivity contribution is 0.484. The van der Waals surface area contributed by atoms with Gasteiger partial charge in [0.25, 0.3) is 0 Å². The summed E-state index contributed by atoms with van der Waals surface area (Å²) in [6.45, 7) is 4.67. The van der Waals surface area contributed by atoms with Gasteiger partial charge in [0.05, 0.1) is 16.6 Å². The fraction of sp³-hybridized carbons (Fsp3) is 0.0732. The van der Waals surface area contributed by atoms with Gasteiger partial charge in [-0.2, -0.15) is 0 Å². The second-order valence-electron chi connectivity index (χ2n) is 12.7. The maximum absolute atomic E-state index is 6.64. The predicted molar refractivity (Wildman–Crippen MR) is 192 cm³/mol. The van der Waals surface area contributed by atoms with E-state index in [9.17, 15) is 0 Å². The minimum atomic E-state index is -0.132. The van der Waals surface area contributed by atoms with Crippen LogP contribution in [0.2, 0.25) is 0 Å². The Morgan fingerprint density at radius 1 is 0.617 bits per heavy atom. The first-order valence-electron chi connectivity index (χ1n) is 15.8. The minimum Gasteiger partial charge on any atom is -0.457 e. The zero-order valence-electron chi connectivity index (χ0n) is 25.8. The van der Waals surface area contributed by atoms with Crippen molar-refractivity contribution in [1.82, 2.24) is 18.9 Å². The third-order valence-corrected chi connectivity index (χ3v) is 10.9. The van der Waals surface area contributed by atoms with E-state index in [0.717, 1.165) is 44.8 Å². The highest BCUT2D eigenvalue weighted by molar-refractivity contribution is 7.99. The minimum absolute atomic E-state index is 0.132. The summed E-state index contributed by atoms with van der Waals surface area (Å²) >= 11 is 1.86. The summed E-state index contributed by atoms with van der Waals surface area (Å²) in [5.74, 6) is 2.42. The highest BCUT2D eigenvalue weighted by Gasteiger charge is 2.35. The smallest absolute Gasteiger partial charge is 0.145 e. The van der Waals surface area contributed by atoms with Gasteiger partial charge in [-0.05, 0) is 71.1 Å². The van der Waals surface area contributed by atoms with Gasteiger partial charge in [-0.15, -0.1) is 0 Å². The maximum atomic E-state index is 6.64. The first kappa shape index (κ1) is 26.6. The van der Waals surface area contributed by atoms with E-state index in [1.54, 1.807) is 0 Å². The fourth-order valence-electron chi connectivity index (χ4n) is 7.52. The Bertz CT molecular complexity index is 2720. The van der Waals surface area contributed by atoms with E-state index in [2.05, 4.69) is 132 Å². The predicted octanol–water partition coefficient (Wildman–Crippen LogP) is 10.7. The molecule has 0 spiro atoms. The van der Waals surface area contributed by atoms with E-state index in [-0.39, 0.29) is 5.41 Å². The van der Waals surface area contributed by atoms with Gasteiger partial charge < -0.3 is 4.74 Å². The third-order valence-electron chi connectivity index (χ3n) is 9.74. The van der Waals surface area contributed by atoms with Crippen molar-refractivity contribution in [3.05, 3.63) is 145 Å². The molecular formula is C41H28N4OS. The lowest BCUT2D eigenvalue weighted by Gasteiger charge is -2.35. The number of ether oxygens (including phenoxy) is 1. The van der Waals surface area contributed by atoms with E-state index in [1.165, 1.54) is 42.6 Å². The van der Waals surface area contributed by atoms with Gasteiger partial charge in [0.15, 0.2) is 0 Å². The summed E-state index contributed by atoms with van der Waals surface area (Å²) in [6.07, 6.45) is 5.74. The molecule has 0 amide bonds. The summed E-state index contributed by atoms with van der Waals surface area (Å²) in [4.78, 5) is 12.1. The van der Waals surface area contributed by atoms with E-state index >= 15 is 0 Å². The normalized spacial score (nSPS) is 13.8. The quantitative estimate of drug-likeness (QED) is 0.184. The molecule has 1 aliphatic heterocycles. The van der Waals surface area contributed by atoms with Gasteiger partial charge in [-0.1, -0.05) is 80.2 Å². The molecule has 0 aliphatic carbocycles. The summed E-state index contributed by atoms with van der Waals surface area (Å²) in [5.41, 5.74) is 6.86. The van der Waals surface area contributed by atoms with Gasteiger partial charge in [-0.25, -0.2) is 9.97 Å². The van der Waals surface area contributed by atoms with Crippen LogP contribution in [0.5, 0.6) is 11.5 Å². The Morgan fingerprint density at radius 2 is 1.38 bits per heavy atom. The summed E-state index contributed by atoms with van der Waals surface area (Å²) in [6, 6.07) is 40.7. The van der Waals surface area contributed by atoms with E-state index in [1.807, 2.05) is 36.4 Å². The molecule has 0 fully saturated rings. The molecule has 10 rings (SSSR count). The first-order chi connectivity index (χ1) is 23.1. The Morgan fingerprint density at radius 3 is 2.28 bits per heavy atom. The molecule has 0 radical (unpaired) electrons. The summed E-state index contributed by atoms with van der Waals surface area (Å²) < 4.78 is 11.1. The van der Waals surface area contributed by atoms with Crippen LogP contribution in [0.25, 0.3) is 54.9 Å². The topological polar surface area (TPSA) is 44.4 Å². The monoisotopic (exact) mass is 624 g/mol. The molecule has 5 heterocycles. The number of imidazole rings is 1. The lowest BCUT2D eigenvalue weighted by atomic mass is 9.77. The number of aromatic nitrogens is 4. The van der Waals surface area contributed by atoms with Crippen LogP contribution < -0.4 is 4.74 Å². The van der Waals surface area contributed by atoms with Crippen molar-refractivity contribution in [2.75, 3.05) is 0 Å². The summed E-state index contributed by atoms with van der Waals surface area (Å²) in [7, 11) is 0. The molecule has 224 valence electrons. The van der Waals surface area contributed by atoms with Crippen LogP contribution in [0.15, 0.2) is 144 Å². The molecule has 0 atom stereocenters. The second kappa shape index (κ2) is 9.71. The average Bonchev–Trinajstić information content (AvgIpc) is 3.73. The van der Waals surface area contributed by atoms with Crippen LogP contribution in [0.3, 0.4) is 0 Å². The van der Waals surface area contributed by atoms with Crippen LogP contribution >= 0.6 is 11.8 Å². The third kappa shape index (κ3) is 3.79. The van der Waals surface area contributed by atoms with Gasteiger partial charge in [0, 0.05) is 61.4 Å². The molecule has 1 aliphatic rings. The van der Waals surface area contributed by atoms with Crippen molar-refractivity contribution in [3.63, 3.8) is 0 Å². The van der Waals surface area contributed by atoms with Crippen LogP contribution in [0, 0.1) is 0 Å².